The van der Waals surface area contributed by atoms with Crippen molar-refractivity contribution < 1.29 is 19.2 Å². The third-order valence-electron chi connectivity index (χ3n) is 4.44. The lowest BCUT2D eigenvalue weighted by Crippen LogP contribution is -2.51. The molecule has 1 amide bonds. The number of hydrogen-bond acceptors (Lipinski definition) is 6. The number of hydrogen-bond donors (Lipinski definition) is 2. The van der Waals surface area contributed by atoms with Crippen molar-refractivity contribution in [2.45, 2.75) is 31.7 Å². The predicted octanol–water partition coefficient (Wildman–Crippen LogP) is 2.57. The lowest BCUT2D eigenvalue weighted by atomic mass is 9.87. The fourth-order valence-corrected chi connectivity index (χ4v) is 2.89. The number of carboxylic acids is 1. The number of aryl methyl sites for hydroxylation is 1. The van der Waals surface area contributed by atoms with Crippen molar-refractivity contribution in [1.29, 1.82) is 0 Å². The summed E-state index contributed by atoms with van der Waals surface area (Å²) in [5.41, 5.74) is -0.387. The van der Waals surface area contributed by atoms with Crippen LogP contribution in [0.25, 0.3) is 11.5 Å². The van der Waals surface area contributed by atoms with E-state index in [1.54, 1.807) is 55.6 Å². The minimum absolute atomic E-state index is 0.0196. The van der Waals surface area contributed by atoms with E-state index in [0.717, 1.165) is 0 Å². The zero-order valence-electron chi connectivity index (χ0n) is 15.3. The molecule has 0 saturated carbocycles. The van der Waals surface area contributed by atoms with Gasteiger partial charge in [-0.15, -0.1) is 0 Å². The van der Waals surface area contributed by atoms with Gasteiger partial charge in [0, 0.05) is 19.0 Å². The molecule has 0 aliphatic rings. The first kappa shape index (κ1) is 19.2. The largest absolute Gasteiger partial charge is 0.479 e. The molecule has 1 unspecified atom stereocenters. The van der Waals surface area contributed by atoms with Gasteiger partial charge in [-0.25, -0.2) is 4.79 Å². The number of nitrogens with one attached hydrogen (secondary N) is 1. The summed E-state index contributed by atoms with van der Waals surface area (Å²) in [5, 5.41) is 16.3. The molecule has 1 aromatic carbocycles. The van der Waals surface area contributed by atoms with Gasteiger partial charge in [-0.05, 0) is 24.1 Å². The third-order valence-corrected chi connectivity index (χ3v) is 4.44. The summed E-state index contributed by atoms with van der Waals surface area (Å²) in [4.78, 5) is 32.8. The lowest BCUT2D eigenvalue weighted by Gasteiger charge is -2.30. The van der Waals surface area contributed by atoms with Crippen LogP contribution in [0.3, 0.4) is 0 Å². The SMILES string of the molecule is CCC(NC(=O)CCc1nc(-c2ccccn2)no1)(C(=O)O)c1ccccc1. The Hall–Kier alpha value is -3.55. The Bertz CT molecular complexity index is 943. The van der Waals surface area contributed by atoms with E-state index in [1.165, 1.54) is 0 Å². The van der Waals surface area contributed by atoms with E-state index in [9.17, 15) is 14.7 Å². The number of aliphatic carboxylic acids is 1. The minimum Gasteiger partial charge on any atom is -0.479 e. The van der Waals surface area contributed by atoms with Crippen LogP contribution < -0.4 is 5.32 Å². The molecular weight excluding hydrogens is 360 g/mol. The zero-order chi connectivity index (χ0) is 20.0. The Morgan fingerprint density at radius 1 is 1.14 bits per heavy atom. The first-order chi connectivity index (χ1) is 13.5. The molecule has 0 spiro atoms. The van der Waals surface area contributed by atoms with Gasteiger partial charge in [-0.2, -0.15) is 4.98 Å². The second kappa shape index (κ2) is 8.43. The zero-order valence-corrected chi connectivity index (χ0v) is 15.3. The van der Waals surface area contributed by atoms with Crippen LogP contribution in [0.2, 0.25) is 0 Å². The van der Waals surface area contributed by atoms with Crippen molar-refractivity contribution >= 4 is 11.9 Å². The van der Waals surface area contributed by atoms with E-state index in [2.05, 4.69) is 20.4 Å². The third kappa shape index (κ3) is 4.06. The molecule has 1 atom stereocenters. The van der Waals surface area contributed by atoms with Crippen LogP contribution in [0.5, 0.6) is 0 Å². The van der Waals surface area contributed by atoms with Crippen LogP contribution in [0.4, 0.5) is 0 Å². The normalized spacial score (nSPS) is 12.9. The molecule has 0 radical (unpaired) electrons. The standard InChI is InChI=1S/C20H20N4O4/c1-2-20(19(26)27,14-8-4-3-5-9-14)23-16(25)11-12-17-22-18(24-28-17)15-10-6-7-13-21-15/h3-10,13H,2,11-12H2,1H3,(H,23,25)(H,26,27). The molecule has 144 valence electrons. The molecule has 0 aliphatic carbocycles. The van der Waals surface area contributed by atoms with E-state index < -0.39 is 17.4 Å². The number of amides is 1. The highest BCUT2D eigenvalue weighted by molar-refractivity contribution is 5.88. The highest BCUT2D eigenvalue weighted by Gasteiger charge is 2.40. The van der Waals surface area contributed by atoms with Gasteiger partial charge in [-0.1, -0.05) is 48.5 Å². The van der Waals surface area contributed by atoms with Gasteiger partial charge in [0.1, 0.15) is 5.69 Å². The van der Waals surface area contributed by atoms with E-state index >= 15 is 0 Å². The Balaban J connectivity index is 1.67. The average Bonchev–Trinajstić information content (AvgIpc) is 3.21. The monoisotopic (exact) mass is 380 g/mol. The second-order valence-corrected chi connectivity index (χ2v) is 6.20. The van der Waals surface area contributed by atoms with Crippen molar-refractivity contribution in [2.75, 3.05) is 0 Å². The van der Waals surface area contributed by atoms with Crippen LogP contribution in [-0.2, 0) is 21.5 Å². The number of nitrogens with zero attached hydrogens (tertiary/aromatic N) is 3. The topological polar surface area (TPSA) is 118 Å². The molecule has 2 aromatic heterocycles. The fraction of sp³-hybridized carbons (Fsp3) is 0.250. The summed E-state index contributed by atoms with van der Waals surface area (Å²) < 4.78 is 5.16. The molecule has 8 nitrogen and oxygen atoms in total. The van der Waals surface area contributed by atoms with Gasteiger partial charge in [0.15, 0.2) is 5.54 Å². The molecule has 2 heterocycles. The number of carbonyl (C=O) groups is 2. The summed E-state index contributed by atoms with van der Waals surface area (Å²) in [6.45, 7) is 1.72. The lowest BCUT2D eigenvalue weighted by molar-refractivity contribution is -0.148. The number of rotatable bonds is 8. The summed E-state index contributed by atoms with van der Waals surface area (Å²) in [7, 11) is 0. The van der Waals surface area contributed by atoms with Crippen molar-refractivity contribution in [2.24, 2.45) is 0 Å². The quantitative estimate of drug-likeness (QED) is 0.616. The minimum atomic E-state index is -1.48. The Morgan fingerprint density at radius 2 is 1.89 bits per heavy atom. The molecule has 3 rings (SSSR count). The van der Waals surface area contributed by atoms with E-state index in [-0.39, 0.29) is 25.2 Å². The summed E-state index contributed by atoms with van der Waals surface area (Å²) >= 11 is 0. The van der Waals surface area contributed by atoms with Gasteiger partial charge in [-0.3, -0.25) is 9.78 Å². The van der Waals surface area contributed by atoms with Crippen LogP contribution >= 0.6 is 0 Å². The second-order valence-electron chi connectivity index (χ2n) is 6.20. The van der Waals surface area contributed by atoms with Gasteiger partial charge < -0.3 is 14.9 Å². The fourth-order valence-electron chi connectivity index (χ4n) is 2.89. The molecule has 0 aliphatic heterocycles. The van der Waals surface area contributed by atoms with Crippen molar-refractivity contribution in [3.8, 4) is 11.5 Å². The highest BCUT2D eigenvalue weighted by Crippen LogP contribution is 2.26. The Morgan fingerprint density at radius 3 is 2.54 bits per heavy atom. The van der Waals surface area contributed by atoms with E-state index in [1.807, 2.05) is 6.07 Å². The molecule has 3 aromatic rings. The summed E-state index contributed by atoms with van der Waals surface area (Å²) in [5.74, 6) is -0.892. The number of benzene rings is 1. The Kier molecular flexibility index (Phi) is 5.78. The first-order valence-electron chi connectivity index (χ1n) is 8.89. The Labute approximate surface area is 161 Å². The number of aromatic nitrogens is 3. The number of pyridine rings is 1. The van der Waals surface area contributed by atoms with Crippen molar-refractivity contribution in [1.82, 2.24) is 20.4 Å². The number of carboxylic acid groups (broad SMARTS) is 1. The van der Waals surface area contributed by atoms with Crippen LogP contribution in [0.15, 0.2) is 59.3 Å². The van der Waals surface area contributed by atoms with Crippen LogP contribution in [-0.4, -0.2) is 32.1 Å². The maximum Gasteiger partial charge on any atom is 0.334 e. The molecule has 0 bridgehead atoms. The van der Waals surface area contributed by atoms with Gasteiger partial charge in [0.05, 0.1) is 0 Å². The maximum absolute atomic E-state index is 12.5. The van der Waals surface area contributed by atoms with E-state index in [0.29, 0.717) is 17.1 Å². The summed E-state index contributed by atoms with van der Waals surface area (Å²) in [6.07, 6.45) is 2.05. The van der Waals surface area contributed by atoms with Gasteiger partial charge >= 0.3 is 5.97 Å². The van der Waals surface area contributed by atoms with Gasteiger partial charge in [0.25, 0.3) is 0 Å². The highest BCUT2D eigenvalue weighted by atomic mass is 16.5. The average molecular weight is 380 g/mol. The van der Waals surface area contributed by atoms with Crippen LogP contribution in [0.1, 0.15) is 31.2 Å². The van der Waals surface area contributed by atoms with Crippen LogP contribution in [0, 0.1) is 0 Å². The van der Waals surface area contributed by atoms with Gasteiger partial charge in [0.2, 0.25) is 17.6 Å². The number of carbonyl (C=O) groups excluding carboxylic acids is 1. The smallest absolute Gasteiger partial charge is 0.334 e. The van der Waals surface area contributed by atoms with E-state index in [4.69, 9.17) is 4.52 Å². The molecule has 0 fully saturated rings. The van der Waals surface area contributed by atoms with Crippen molar-refractivity contribution in [3.63, 3.8) is 0 Å². The predicted molar refractivity (Wildman–Crippen MR) is 100 cm³/mol. The maximum atomic E-state index is 12.5. The first-order valence-corrected chi connectivity index (χ1v) is 8.89. The molecule has 0 saturated heterocycles. The molecule has 2 N–H and O–H groups in total. The van der Waals surface area contributed by atoms with Crippen molar-refractivity contribution in [3.05, 3.63) is 66.2 Å². The molecule has 28 heavy (non-hydrogen) atoms. The summed E-state index contributed by atoms with van der Waals surface area (Å²) in [6, 6.07) is 14.0. The molecule has 8 heteroatoms. The molecular formula is C20H20N4O4.